The fraction of sp³-hybridized carbons (Fsp3) is 0.450. The van der Waals surface area contributed by atoms with Crippen molar-refractivity contribution in [2.45, 2.75) is 24.9 Å². The highest BCUT2D eigenvalue weighted by Gasteiger charge is 2.35. The Bertz CT molecular complexity index is 839. The van der Waals surface area contributed by atoms with Gasteiger partial charge in [0.1, 0.15) is 17.8 Å². The van der Waals surface area contributed by atoms with E-state index in [1.54, 1.807) is 30.1 Å². The predicted octanol–water partition coefficient (Wildman–Crippen LogP) is 2.37. The van der Waals surface area contributed by atoms with Crippen molar-refractivity contribution in [3.8, 4) is 5.75 Å². The van der Waals surface area contributed by atoms with E-state index >= 15 is 0 Å². The highest BCUT2D eigenvalue weighted by molar-refractivity contribution is 7.98. The molecule has 0 aliphatic carbocycles. The minimum Gasteiger partial charge on any atom is -0.497 e. The number of urea groups is 1. The number of fused-ring (bicyclic) bond motifs is 1. The van der Waals surface area contributed by atoms with Crippen molar-refractivity contribution in [2.75, 3.05) is 32.8 Å². The summed E-state index contributed by atoms with van der Waals surface area (Å²) in [6, 6.07) is 6.24. The zero-order valence-electron chi connectivity index (χ0n) is 16.8. The molecule has 0 radical (unpaired) electrons. The van der Waals surface area contributed by atoms with Gasteiger partial charge in [0, 0.05) is 18.7 Å². The number of thioether (sulfide) groups is 1. The number of carbonyl (C=O) groups is 2. The van der Waals surface area contributed by atoms with Crippen LogP contribution in [0.2, 0.25) is 0 Å². The van der Waals surface area contributed by atoms with E-state index in [9.17, 15) is 9.59 Å². The molecule has 0 fully saturated rings. The normalized spacial score (nSPS) is 16.7. The molecule has 1 aliphatic rings. The maximum Gasteiger partial charge on any atom is 0.328 e. The van der Waals surface area contributed by atoms with Gasteiger partial charge in [-0.1, -0.05) is 12.1 Å². The summed E-state index contributed by atoms with van der Waals surface area (Å²) in [7, 11) is 2.94. The average Bonchev–Trinajstić information content (AvgIpc) is 3.24. The molecule has 0 bridgehead atoms. The van der Waals surface area contributed by atoms with Gasteiger partial charge in [0.25, 0.3) is 0 Å². The molecule has 3 rings (SSSR count). The Morgan fingerprint density at radius 2 is 2.10 bits per heavy atom. The molecule has 1 aromatic carbocycles. The first-order valence-corrected chi connectivity index (χ1v) is 10.8. The third-order valence-corrected chi connectivity index (χ3v) is 5.66. The molecule has 2 atom stereocenters. The minimum atomic E-state index is -0.683. The number of nitrogens with zero attached hydrogens (tertiary/aromatic N) is 2. The van der Waals surface area contributed by atoms with Crippen LogP contribution in [0.15, 0.2) is 30.6 Å². The largest absolute Gasteiger partial charge is 0.497 e. The number of amides is 2. The Balaban J connectivity index is 1.87. The fourth-order valence-corrected chi connectivity index (χ4v) is 3.95. The number of H-pyrrole nitrogens is 1. The Morgan fingerprint density at radius 3 is 2.76 bits per heavy atom. The predicted molar refractivity (Wildman–Crippen MR) is 111 cm³/mol. The second-order valence-electron chi connectivity index (χ2n) is 6.69. The van der Waals surface area contributed by atoms with Crippen molar-refractivity contribution in [2.24, 2.45) is 0 Å². The molecule has 156 valence electrons. The summed E-state index contributed by atoms with van der Waals surface area (Å²) in [6.07, 6.45) is 4.79. The number of ether oxygens (including phenoxy) is 2. The van der Waals surface area contributed by atoms with Crippen molar-refractivity contribution >= 4 is 23.8 Å². The number of esters is 1. The number of imidazole rings is 1. The summed E-state index contributed by atoms with van der Waals surface area (Å²) in [5.41, 5.74) is 2.75. The highest BCUT2D eigenvalue weighted by Crippen LogP contribution is 2.34. The number of nitrogens with one attached hydrogen (secondary N) is 2. The summed E-state index contributed by atoms with van der Waals surface area (Å²) in [6.45, 7) is 0.508. The first kappa shape index (κ1) is 21.0. The lowest BCUT2D eigenvalue weighted by atomic mass is 9.96. The van der Waals surface area contributed by atoms with E-state index in [1.165, 1.54) is 7.11 Å². The Kier molecular flexibility index (Phi) is 7.03. The van der Waals surface area contributed by atoms with Gasteiger partial charge in [0.05, 0.1) is 26.2 Å². The molecule has 29 heavy (non-hydrogen) atoms. The molecule has 2 aromatic rings. The zero-order chi connectivity index (χ0) is 20.8. The average molecular weight is 419 g/mol. The van der Waals surface area contributed by atoms with Crippen molar-refractivity contribution in [3.05, 3.63) is 47.5 Å². The van der Waals surface area contributed by atoms with Crippen LogP contribution < -0.4 is 10.1 Å². The molecule has 0 saturated heterocycles. The Labute approximate surface area is 174 Å². The van der Waals surface area contributed by atoms with Crippen molar-refractivity contribution in [3.63, 3.8) is 0 Å². The second kappa shape index (κ2) is 9.69. The molecule has 2 heterocycles. The standard InChI is InChI=1S/C20H26N4O4S/c1-27-14-6-4-13(5-7-14)18-17-15(21-12-22-17)8-10-24(18)20(26)23-16(9-11-29-3)19(25)28-2/h4-7,12,16,18H,8-11H2,1-3H3,(H,21,22)(H,23,26)/t16-,18-/m1/s1. The van der Waals surface area contributed by atoms with Gasteiger partial charge in [0.15, 0.2) is 0 Å². The zero-order valence-corrected chi connectivity index (χ0v) is 17.6. The van der Waals surface area contributed by atoms with Crippen LogP contribution in [0, 0.1) is 0 Å². The number of methoxy groups -OCH3 is 2. The summed E-state index contributed by atoms with van der Waals surface area (Å²) in [5.74, 6) is 1.04. The molecule has 8 nitrogen and oxygen atoms in total. The third-order valence-electron chi connectivity index (χ3n) is 5.01. The number of aromatic amines is 1. The molecule has 0 unspecified atom stereocenters. The summed E-state index contributed by atoms with van der Waals surface area (Å²) < 4.78 is 10.1. The minimum absolute atomic E-state index is 0.309. The van der Waals surface area contributed by atoms with Crippen LogP contribution in [-0.4, -0.2) is 65.7 Å². The molecule has 0 saturated carbocycles. The molecule has 2 N–H and O–H groups in total. The SMILES string of the molecule is COC(=O)[C@@H](CCSC)NC(=O)N1CCc2[nH]cnc2[C@H]1c1ccc(OC)cc1. The fourth-order valence-electron chi connectivity index (χ4n) is 3.48. The molecule has 0 spiro atoms. The Hall–Kier alpha value is -2.68. The van der Waals surface area contributed by atoms with E-state index in [2.05, 4.69) is 15.3 Å². The number of aromatic nitrogens is 2. The number of benzene rings is 1. The van der Waals surface area contributed by atoms with Gasteiger partial charge in [-0.3, -0.25) is 0 Å². The van der Waals surface area contributed by atoms with E-state index in [4.69, 9.17) is 9.47 Å². The third kappa shape index (κ3) is 4.67. The van der Waals surface area contributed by atoms with E-state index in [-0.39, 0.29) is 12.1 Å². The van der Waals surface area contributed by atoms with Gasteiger partial charge in [-0.15, -0.1) is 0 Å². The molecule has 1 aromatic heterocycles. The van der Waals surface area contributed by atoms with Crippen LogP contribution in [0.4, 0.5) is 4.79 Å². The number of hydrogen-bond donors (Lipinski definition) is 2. The van der Waals surface area contributed by atoms with Gasteiger partial charge in [-0.25, -0.2) is 14.6 Å². The molecular weight excluding hydrogens is 392 g/mol. The van der Waals surface area contributed by atoms with Gasteiger partial charge >= 0.3 is 12.0 Å². The monoisotopic (exact) mass is 418 g/mol. The summed E-state index contributed by atoms with van der Waals surface area (Å²) >= 11 is 1.61. The summed E-state index contributed by atoms with van der Waals surface area (Å²) in [5, 5.41) is 2.85. The van der Waals surface area contributed by atoms with Crippen LogP contribution in [0.25, 0.3) is 0 Å². The molecule has 1 aliphatic heterocycles. The van der Waals surface area contributed by atoms with E-state index in [1.807, 2.05) is 30.5 Å². The molecular formula is C20H26N4O4S. The first-order chi connectivity index (χ1) is 14.1. The van der Waals surface area contributed by atoms with Gasteiger partial charge in [0.2, 0.25) is 0 Å². The Morgan fingerprint density at radius 1 is 1.34 bits per heavy atom. The first-order valence-electron chi connectivity index (χ1n) is 9.39. The van der Waals surface area contributed by atoms with E-state index in [0.29, 0.717) is 19.4 Å². The quantitative estimate of drug-likeness (QED) is 0.670. The number of hydrogen-bond acceptors (Lipinski definition) is 6. The number of rotatable bonds is 7. The van der Waals surface area contributed by atoms with Crippen LogP contribution in [0.3, 0.4) is 0 Å². The van der Waals surface area contributed by atoms with Gasteiger partial charge in [-0.2, -0.15) is 11.8 Å². The lowest BCUT2D eigenvalue weighted by Crippen LogP contribution is -2.51. The summed E-state index contributed by atoms with van der Waals surface area (Å²) in [4.78, 5) is 34.6. The van der Waals surface area contributed by atoms with Crippen LogP contribution >= 0.6 is 11.8 Å². The van der Waals surface area contributed by atoms with Crippen molar-refractivity contribution in [1.29, 1.82) is 0 Å². The maximum atomic E-state index is 13.2. The smallest absolute Gasteiger partial charge is 0.328 e. The van der Waals surface area contributed by atoms with Crippen molar-refractivity contribution in [1.82, 2.24) is 20.2 Å². The van der Waals surface area contributed by atoms with Gasteiger partial charge < -0.3 is 24.7 Å². The topological polar surface area (TPSA) is 96.6 Å². The van der Waals surface area contributed by atoms with Crippen LogP contribution in [0.5, 0.6) is 5.75 Å². The lowest BCUT2D eigenvalue weighted by Gasteiger charge is -2.36. The second-order valence-corrected chi connectivity index (χ2v) is 7.68. The maximum absolute atomic E-state index is 13.2. The lowest BCUT2D eigenvalue weighted by molar-refractivity contribution is -0.142. The van der Waals surface area contributed by atoms with E-state index in [0.717, 1.165) is 28.5 Å². The highest BCUT2D eigenvalue weighted by atomic mass is 32.2. The molecule has 2 amide bonds. The van der Waals surface area contributed by atoms with Crippen molar-refractivity contribution < 1.29 is 19.1 Å². The van der Waals surface area contributed by atoms with E-state index < -0.39 is 12.0 Å². The molecule has 9 heteroatoms. The van der Waals surface area contributed by atoms with Gasteiger partial charge in [-0.05, 0) is 36.1 Å². The van der Waals surface area contributed by atoms with Crippen LogP contribution in [0.1, 0.15) is 29.4 Å². The number of carbonyl (C=O) groups excluding carboxylic acids is 2. The van der Waals surface area contributed by atoms with Crippen LogP contribution in [-0.2, 0) is 16.0 Å².